The van der Waals surface area contributed by atoms with Crippen LogP contribution in [0.4, 0.5) is 0 Å². The Balaban J connectivity index is 2.15. The minimum Gasteiger partial charge on any atom is -0.348 e. The second-order valence-electron chi connectivity index (χ2n) is 4.32. The predicted octanol–water partition coefficient (Wildman–Crippen LogP) is 4.11. The lowest BCUT2D eigenvalue weighted by atomic mass is 10.1. The number of fused-ring (bicyclic) bond motifs is 1. The lowest BCUT2D eigenvalue weighted by molar-refractivity contribution is 0.585. The zero-order valence-electron chi connectivity index (χ0n) is 10.7. The van der Waals surface area contributed by atoms with Gasteiger partial charge < -0.3 is 4.90 Å². The van der Waals surface area contributed by atoms with Crippen LogP contribution in [0.2, 0.25) is 0 Å². The number of hydrogen-bond acceptors (Lipinski definition) is 4. The summed E-state index contributed by atoms with van der Waals surface area (Å²) in [5.74, 6) is 0. The van der Waals surface area contributed by atoms with Crippen LogP contribution < -0.4 is 0 Å². The number of halogens is 1. The van der Waals surface area contributed by atoms with Gasteiger partial charge in [-0.15, -0.1) is 11.3 Å². The van der Waals surface area contributed by atoms with Crippen molar-refractivity contribution in [3.63, 3.8) is 0 Å². The molecule has 3 rings (SSSR count). The Labute approximate surface area is 125 Å². The molecule has 0 atom stereocenters. The first-order valence-electron chi connectivity index (χ1n) is 5.97. The monoisotopic (exact) mass is 299 g/mol. The van der Waals surface area contributed by atoms with Crippen molar-refractivity contribution >= 4 is 38.7 Å². The molecule has 0 saturated carbocycles. The molecule has 0 N–H and O–H groups in total. The van der Waals surface area contributed by atoms with Gasteiger partial charge in [0.15, 0.2) is 0 Å². The van der Waals surface area contributed by atoms with Crippen molar-refractivity contribution < 1.29 is 0 Å². The van der Waals surface area contributed by atoms with Gasteiger partial charge in [0.1, 0.15) is 16.6 Å². The summed E-state index contributed by atoms with van der Waals surface area (Å²) in [6, 6.07) is 10.1. The van der Waals surface area contributed by atoms with E-state index in [4.69, 9.17) is 11.6 Å². The number of para-hydroxylation sites is 1. The summed E-state index contributed by atoms with van der Waals surface area (Å²) < 4.78 is 1.08. The molecule has 0 unspecified atom stereocenters. The second-order valence-corrected chi connectivity index (χ2v) is 5.78. The summed E-state index contributed by atoms with van der Waals surface area (Å²) in [6.07, 6.45) is 5.40. The Morgan fingerprint density at radius 1 is 1.35 bits per heavy atom. The van der Waals surface area contributed by atoms with Gasteiger partial charge in [-0.2, -0.15) is 5.26 Å². The molecule has 0 fully saturated rings. The van der Waals surface area contributed by atoms with E-state index >= 15 is 0 Å². The molecule has 0 aliphatic carbocycles. The average molecular weight is 300 g/mol. The van der Waals surface area contributed by atoms with Gasteiger partial charge in [-0.3, -0.25) is 0 Å². The molecule has 0 spiro atoms. The number of benzene rings is 1. The summed E-state index contributed by atoms with van der Waals surface area (Å²) in [4.78, 5) is 6.38. The standard InChI is InChI=1S/C15H10ClN3S/c1-19-9-10(16)6-7-13(19)11(8-17)15-18-12-4-2-3-5-14(12)20-15/h2-7,9H,1H3/b13-11+. The molecule has 98 valence electrons. The lowest BCUT2D eigenvalue weighted by Crippen LogP contribution is -2.13. The van der Waals surface area contributed by atoms with Gasteiger partial charge in [0.05, 0.1) is 20.9 Å². The van der Waals surface area contributed by atoms with Crippen LogP contribution in [0.3, 0.4) is 0 Å². The molecule has 1 aromatic heterocycles. The summed E-state index contributed by atoms with van der Waals surface area (Å²) in [5.41, 5.74) is 2.28. The first kappa shape index (κ1) is 12.9. The molecule has 0 radical (unpaired) electrons. The van der Waals surface area contributed by atoms with Gasteiger partial charge in [0, 0.05) is 13.2 Å². The molecule has 2 aromatic rings. The molecule has 2 heterocycles. The third kappa shape index (κ3) is 2.22. The van der Waals surface area contributed by atoms with E-state index in [2.05, 4.69) is 11.1 Å². The number of thiazole rings is 1. The van der Waals surface area contributed by atoms with Gasteiger partial charge in [0.25, 0.3) is 0 Å². The van der Waals surface area contributed by atoms with Crippen molar-refractivity contribution in [1.82, 2.24) is 9.88 Å². The fraction of sp³-hybridized carbons (Fsp3) is 0.0667. The van der Waals surface area contributed by atoms with Crippen LogP contribution in [0.5, 0.6) is 0 Å². The van der Waals surface area contributed by atoms with Crippen LogP contribution in [-0.4, -0.2) is 16.9 Å². The van der Waals surface area contributed by atoms with Crippen LogP contribution in [0, 0.1) is 11.3 Å². The highest BCUT2D eigenvalue weighted by Gasteiger charge is 2.16. The van der Waals surface area contributed by atoms with E-state index in [9.17, 15) is 5.26 Å². The van der Waals surface area contributed by atoms with Gasteiger partial charge in [-0.25, -0.2) is 4.98 Å². The largest absolute Gasteiger partial charge is 0.348 e. The molecule has 0 bridgehead atoms. The van der Waals surface area contributed by atoms with E-state index in [1.807, 2.05) is 42.3 Å². The number of aromatic nitrogens is 1. The maximum absolute atomic E-state index is 9.49. The number of nitrogens with zero attached hydrogens (tertiary/aromatic N) is 3. The molecular formula is C15H10ClN3S. The molecule has 1 aliphatic rings. The van der Waals surface area contributed by atoms with Crippen LogP contribution in [-0.2, 0) is 0 Å². The quantitative estimate of drug-likeness (QED) is 0.744. The third-order valence-corrected chi connectivity index (χ3v) is 4.25. The Hall–Kier alpha value is -2.09. The van der Waals surface area contributed by atoms with Gasteiger partial charge in [-0.05, 0) is 24.3 Å². The van der Waals surface area contributed by atoms with E-state index in [-0.39, 0.29) is 0 Å². The van der Waals surface area contributed by atoms with Gasteiger partial charge in [-0.1, -0.05) is 23.7 Å². The summed E-state index contributed by atoms with van der Waals surface area (Å²) in [5, 5.41) is 10.9. The van der Waals surface area contributed by atoms with Crippen molar-refractivity contribution in [2.75, 3.05) is 7.05 Å². The number of nitriles is 1. The van der Waals surface area contributed by atoms with Crippen molar-refractivity contribution in [3.8, 4) is 6.07 Å². The Kier molecular flexibility index (Phi) is 3.31. The normalized spacial score (nSPS) is 17.1. The first-order chi connectivity index (χ1) is 9.69. The highest BCUT2D eigenvalue weighted by atomic mass is 35.5. The molecule has 20 heavy (non-hydrogen) atoms. The molecule has 1 aliphatic heterocycles. The van der Waals surface area contributed by atoms with Crippen molar-refractivity contribution in [2.45, 2.75) is 0 Å². The number of hydrogen-bond donors (Lipinski definition) is 0. The first-order valence-corrected chi connectivity index (χ1v) is 7.17. The fourth-order valence-corrected chi connectivity index (χ4v) is 3.21. The second kappa shape index (κ2) is 5.12. The fourth-order valence-electron chi connectivity index (χ4n) is 2.03. The van der Waals surface area contributed by atoms with Crippen LogP contribution >= 0.6 is 22.9 Å². The predicted molar refractivity (Wildman–Crippen MR) is 83.0 cm³/mol. The average Bonchev–Trinajstić information content (AvgIpc) is 2.85. The van der Waals surface area contributed by atoms with E-state index in [0.29, 0.717) is 10.6 Å². The van der Waals surface area contributed by atoms with Crippen LogP contribution in [0.25, 0.3) is 15.8 Å². The molecule has 0 amide bonds. The third-order valence-electron chi connectivity index (χ3n) is 2.97. The molecule has 0 saturated heterocycles. The highest BCUT2D eigenvalue weighted by molar-refractivity contribution is 7.19. The maximum atomic E-state index is 9.49. The Morgan fingerprint density at radius 3 is 2.85 bits per heavy atom. The van der Waals surface area contributed by atoms with Crippen LogP contribution in [0.15, 0.2) is 53.3 Å². The van der Waals surface area contributed by atoms with Gasteiger partial charge >= 0.3 is 0 Å². The van der Waals surface area contributed by atoms with Crippen molar-refractivity contribution in [3.05, 3.63) is 58.4 Å². The van der Waals surface area contributed by atoms with E-state index in [0.717, 1.165) is 20.9 Å². The molecular weight excluding hydrogens is 290 g/mol. The van der Waals surface area contributed by atoms with Crippen molar-refractivity contribution in [1.29, 1.82) is 5.26 Å². The summed E-state index contributed by atoms with van der Waals surface area (Å²) in [7, 11) is 1.87. The van der Waals surface area contributed by atoms with E-state index in [1.165, 1.54) is 11.3 Å². The number of likely N-dealkylation sites (N-methyl/N-ethyl adjacent to an activating group) is 1. The van der Waals surface area contributed by atoms with Crippen molar-refractivity contribution in [2.24, 2.45) is 0 Å². The Bertz CT molecular complexity index is 775. The minimum atomic E-state index is 0.561. The van der Waals surface area contributed by atoms with E-state index < -0.39 is 0 Å². The zero-order valence-corrected chi connectivity index (χ0v) is 12.2. The topological polar surface area (TPSA) is 39.9 Å². The Morgan fingerprint density at radius 2 is 2.15 bits per heavy atom. The lowest BCUT2D eigenvalue weighted by Gasteiger charge is -2.20. The molecule has 1 aromatic carbocycles. The number of allylic oxidation sites excluding steroid dienone is 4. The van der Waals surface area contributed by atoms with Gasteiger partial charge in [0.2, 0.25) is 0 Å². The summed E-state index contributed by atoms with van der Waals surface area (Å²) in [6.45, 7) is 0. The molecule has 5 heteroatoms. The van der Waals surface area contributed by atoms with E-state index in [1.54, 1.807) is 12.3 Å². The summed E-state index contributed by atoms with van der Waals surface area (Å²) >= 11 is 7.47. The molecule has 3 nitrogen and oxygen atoms in total. The SMILES string of the molecule is CN1C=C(Cl)C=C/C1=C(/C#N)c1nc2ccccc2s1. The smallest absolute Gasteiger partial charge is 0.137 e. The minimum absolute atomic E-state index is 0.561. The van der Waals surface area contributed by atoms with Crippen LogP contribution in [0.1, 0.15) is 5.01 Å². The zero-order chi connectivity index (χ0) is 14.1. The highest BCUT2D eigenvalue weighted by Crippen LogP contribution is 2.31. The number of rotatable bonds is 1. The maximum Gasteiger partial charge on any atom is 0.137 e.